The van der Waals surface area contributed by atoms with Crippen LogP contribution in [0, 0.1) is 6.92 Å². The molecule has 0 bridgehead atoms. The van der Waals surface area contributed by atoms with Crippen molar-refractivity contribution in [3.63, 3.8) is 0 Å². The molecule has 0 radical (unpaired) electrons. The van der Waals surface area contributed by atoms with Crippen LogP contribution in [0.4, 0.5) is 11.4 Å². The third-order valence-electron chi connectivity index (χ3n) is 4.22. The molecule has 26 heavy (non-hydrogen) atoms. The number of aryl methyl sites for hydroxylation is 1. The molecule has 2 amide bonds. The summed E-state index contributed by atoms with van der Waals surface area (Å²) < 4.78 is 0. The second-order valence-corrected chi connectivity index (χ2v) is 7.05. The predicted molar refractivity (Wildman–Crippen MR) is 105 cm³/mol. The molecule has 5 heteroatoms. The normalized spacial score (nSPS) is 10.9. The Morgan fingerprint density at radius 2 is 1.42 bits per heavy atom. The van der Waals surface area contributed by atoms with E-state index in [9.17, 15) is 14.7 Å². The molecule has 138 valence electrons. The number of phenolic OH excluding ortho intramolecular Hbond substituents is 1. The summed E-state index contributed by atoms with van der Waals surface area (Å²) >= 11 is 0. The average molecular weight is 354 g/mol. The van der Waals surface area contributed by atoms with Gasteiger partial charge in [-0.2, -0.15) is 0 Å². The van der Waals surface area contributed by atoms with Gasteiger partial charge in [0, 0.05) is 5.69 Å². The van der Waals surface area contributed by atoms with Crippen molar-refractivity contribution in [2.24, 2.45) is 0 Å². The van der Waals surface area contributed by atoms with Gasteiger partial charge in [-0.1, -0.05) is 52.0 Å². The average Bonchev–Trinajstić information content (AvgIpc) is 2.57. The quantitative estimate of drug-likeness (QED) is 0.558. The Bertz CT molecular complexity index is 800. The lowest BCUT2D eigenvalue weighted by Gasteiger charge is -2.20. The van der Waals surface area contributed by atoms with Crippen molar-refractivity contribution in [2.75, 3.05) is 10.6 Å². The summed E-state index contributed by atoms with van der Waals surface area (Å²) in [5, 5.41) is 15.1. The van der Waals surface area contributed by atoms with E-state index in [4.69, 9.17) is 0 Å². The van der Waals surface area contributed by atoms with Crippen LogP contribution in [0.1, 0.15) is 56.2 Å². The Morgan fingerprint density at radius 3 is 1.96 bits per heavy atom. The number of anilines is 2. The van der Waals surface area contributed by atoms with E-state index >= 15 is 0 Å². The number of amides is 2. The molecule has 0 saturated carbocycles. The standard InChI is InChI=1S/C21H26N2O3/c1-12(2)15-7-6-8-16(13(3)4)19(15)23-21(26)20(25)22-17-11-14(5)9-10-18(17)24/h6-13,24H,1-5H3,(H,22,25)(H,23,26). The van der Waals surface area contributed by atoms with Crippen LogP contribution >= 0.6 is 0 Å². The summed E-state index contributed by atoms with van der Waals surface area (Å²) in [4.78, 5) is 24.8. The van der Waals surface area contributed by atoms with E-state index in [1.54, 1.807) is 12.1 Å². The van der Waals surface area contributed by atoms with Gasteiger partial charge in [-0.3, -0.25) is 9.59 Å². The van der Waals surface area contributed by atoms with E-state index in [1.165, 1.54) is 6.07 Å². The number of para-hydroxylation sites is 1. The Kier molecular flexibility index (Phi) is 6.03. The molecule has 0 aliphatic heterocycles. The number of carbonyl (C=O) groups is 2. The molecule has 0 fully saturated rings. The Morgan fingerprint density at radius 1 is 0.885 bits per heavy atom. The lowest BCUT2D eigenvalue weighted by molar-refractivity contribution is -0.133. The third-order valence-corrected chi connectivity index (χ3v) is 4.22. The van der Waals surface area contributed by atoms with Gasteiger partial charge in [-0.25, -0.2) is 0 Å². The molecule has 3 N–H and O–H groups in total. The Balaban J connectivity index is 2.26. The number of phenols is 1. The van der Waals surface area contributed by atoms with Gasteiger partial charge < -0.3 is 15.7 Å². The number of rotatable bonds is 4. The van der Waals surface area contributed by atoms with Crippen molar-refractivity contribution in [1.29, 1.82) is 0 Å². The van der Waals surface area contributed by atoms with Crippen LogP contribution in [0.2, 0.25) is 0 Å². The maximum Gasteiger partial charge on any atom is 0.314 e. The SMILES string of the molecule is Cc1ccc(O)c(NC(=O)C(=O)Nc2c(C(C)C)cccc2C(C)C)c1. The first-order valence-electron chi connectivity index (χ1n) is 8.75. The van der Waals surface area contributed by atoms with E-state index in [1.807, 2.05) is 52.8 Å². The second-order valence-electron chi connectivity index (χ2n) is 7.05. The number of aromatic hydroxyl groups is 1. The molecular weight excluding hydrogens is 328 g/mol. The molecule has 0 aromatic heterocycles. The van der Waals surface area contributed by atoms with Crippen molar-refractivity contribution in [2.45, 2.75) is 46.5 Å². The summed E-state index contributed by atoms with van der Waals surface area (Å²) in [6.45, 7) is 10.0. The minimum absolute atomic E-state index is 0.0813. The molecule has 2 aromatic carbocycles. The first-order valence-corrected chi connectivity index (χ1v) is 8.75. The fraction of sp³-hybridized carbons (Fsp3) is 0.333. The molecule has 0 heterocycles. The highest BCUT2D eigenvalue weighted by Gasteiger charge is 2.20. The Labute approximate surface area is 154 Å². The molecule has 0 unspecified atom stereocenters. The number of hydrogen-bond donors (Lipinski definition) is 3. The molecule has 0 spiro atoms. The van der Waals surface area contributed by atoms with Crippen molar-refractivity contribution < 1.29 is 14.7 Å². The van der Waals surface area contributed by atoms with E-state index < -0.39 is 11.8 Å². The lowest BCUT2D eigenvalue weighted by atomic mass is 9.92. The minimum atomic E-state index is -0.820. The maximum absolute atomic E-state index is 12.5. The van der Waals surface area contributed by atoms with E-state index in [2.05, 4.69) is 10.6 Å². The number of hydrogen-bond acceptors (Lipinski definition) is 3. The maximum atomic E-state index is 12.5. The van der Waals surface area contributed by atoms with Gasteiger partial charge in [-0.15, -0.1) is 0 Å². The summed E-state index contributed by atoms with van der Waals surface area (Å²) in [6.07, 6.45) is 0. The third kappa shape index (κ3) is 4.42. The van der Waals surface area contributed by atoms with Gasteiger partial charge in [0.1, 0.15) is 5.75 Å². The van der Waals surface area contributed by atoms with E-state index in [0.717, 1.165) is 16.7 Å². The van der Waals surface area contributed by atoms with Crippen LogP contribution in [-0.4, -0.2) is 16.9 Å². The minimum Gasteiger partial charge on any atom is -0.506 e. The van der Waals surface area contributed by atoms with Crippen LogP contribution in [0.5, 0.6) is 5.75 Å². The zero-order valence-electron chi connectivity index (χ0n) is 15.9. The molecule has 0 aliphatic rings. The molecule has 2 aromatic rings. The van der Waals surface area contributed by atoms with Crippen LogP contribution < -0.4 is 10.6 Å². The summed E-state index contributed by atoms with van der Waals surface area (Å²) in [5.41, 5.74) is 3.73. The van der Waals surface area contributed by atoms with E-state index in [-0.39, 0.29) is 23.3 Å². The Hall–Kier alpha value is -2.82. The van der Waals surface area contributed by atoms with Gasteiger partial charge in [0.2, 0.25) is 0 Å². The second kappa shape index (κ2) is 8.04. The van der Waals surface area contributed by atoms with Crippen LogP contribution in [0.15, 0.2) is 36.4 Å². The van der Waals surface area contributed by atoms with Crippen molar-refractivity contribution in [3.8, 4) is 5.75 Å². The van der Waals surface area contributed by atoms with Gasteiger partial charge in [0.25, 0.3) is 0 Å². The zero-order valence-corrected chi connectivity index (χ0v) is 15.9. The predicted octanol–water partition coefficient (Wildman–Crippen LogP) is 4.52. The summed E-state index contributed by atoms with van der Waals surface area (Å²) in [7, 11) is 0. The zero-order chi connectivity index (χ0) is 19.4. The van der Waals surface area contributed by atoms with Gasteiger partial charge in [0.15, 0.2) is 0 Å². The van der Waals surface area contributed by atoms with Crippen LogP contribution in [0.25, 0.3) is 0 Å². The lowest BCUT2D eigenvalue weighted by Crippen LogP contribution is -2.30. The largest absolute Gasteiger partial charge is 0.506 e. The monoisotopic (exact) mass is 354 g/mol. The highest BCUT2D eigenvalue weighted by atomic mass is 16.3. The first kappa shape index (κ1) is 19.5. The van der Waals surface area contributed by atoms with Crippen LogP contribution in [-0.2, 0) is 9.59 Å². The fourth-order valence-electron chi connectivity index (χ4n) is 2.79. The smallest absolute Gasteiger partial charge is 0.314 e. The molecule has 0 saturated heterocycles. The van der Waals surface area contributed by atoms with Gasteiger partial charge >= 0.3 is 11.8 Å². The fourth-order valence-corrected chi connectivity index (χ4v) is 2.79. The first-order chi connectivity index (χ1) is 12.2. The van der Waals surface area contributed by atoms with Gasteiger partial charge in [-0.05, 0) is 47.6 Å². The molecular formula is C21H26N2O3. The topological polar surface area (TPSA) is 78.4 Å². The van der Waals surface area contributed by atoms with Gasteiger partial charge in [0.05, 0.1) is 5.69 Å². The highest BCUT2D eigenvalue weighted by molar-refractivity contribution is 6.44. The van der Waals surface area contributed by atoms with Crippen molar-refractivity contribution in [1.82, 2.24) is 0 Å². The highest BCUT2D eigenvalue weighted by Crippen LogP contribution is 2.32. The summed E-state index contributed by atoms with van der Waals surface area (Å²) in [6, 6.07) is 10.7. The molecule has 2 rings (SSSR count). The number of benzene rings is 2. The van der Waals surface area contributed by atoms with Crippen LogP contribution in [0.3, 0.4) is 0 Å². The molecule has 0 aliphatic carbocycles. The molecule has 5 nitrogen and oxygen atoms in total. The summed E-state index contributed by atoms with van der Waals surface area (Å²) in [5.74, 6) is -1.26. The molecule has 0 atom stereocenters. The van der Waals surface area contributed by atoms with Crippen molar-refractivity contribution in [3.05, 3.63) is 53.1 Å². The van der Waals surface area contributed by atoms with E-state index in [0.29, 0.717) is 5.69 Å². The van der Waals surface area contributed by atoms with Crippen molar-refractivity contribution >= 4 is 23.2 Å². The number of carbonyl (C=O) groups excluding carboxylic acids is 2. The number of nitrogens with one attached hydrogen (secondary N) is 2.